The van der Waals surface area contributed by atoms with Gasteiger partial charge in [-0.15, -0.1) is 0 Å². The topological polar surface area (TPSA) is 64.7 Å². The van der Waals surface area contributed by atoms with Crippen molar-refractivity contribution in [1.82, 2.24) is 15.1 Å². The van der Waals surface area contributed by atoms with Gasteiger partial charge in [0.25, 0.3) is 0 Å². The summed E-state index contributed by atoms with van der Waals surface area (Å²) in [7, 11) is 0. The fraction of sp³-hybridized carbons (Fsp3) is 0.300. The number of carbonyl (C=O) groups is 2. The first-order valence-corrected chi connectivity index (χ1v) is 9.21. The molecule has 1 aliphatic rings. The van der Waals surface area contributed by atoms with Gasteiger partial charge in [-0.25, -0.2) is 14.5 Å². The largest absolute Gasteiger partial charge is 0.348 e. The molecular weight excluding hydrogens is 364 g/mol. The number of amides is 4. The Morgan fingerprint density at radius 1 is 1.15 bits per heavy atom. The van der Waals surface area contributed by atoms with Gasteiger partial charge in [-0.05, 0) is 44.5 Å². The van der Waals surface area contributed by atoms with Crippen molar-refractivity contribution in [3.05, 3.63) is 64.7 Å². The number of halogens is 1. The molecule has 0 radical (unpaired) electrons. The molecule has 0 bridgehead atoms. The molecule has 4 amide bonds. The van der Waals surface area contributed by atoms with Crippen LogP contribution in [0.25, 0.3) is 0 Å². The summed E-state index contributed by atoms with van der Waals surface area (Å²) in [5.41, 5.74) is 2.84. The molecule has 27 heavy (non-hydrogen) atoms. The summed E-state index contributed by atoms with van der Waals surface area (Å²) in [6.07, 6.45) is -0.681. The van der Waals surface area contributed by atoms with Crippen molar-refractivity contribution in [3.63, 3.8) is 0 Å². The molecule has 2 aromatic rings. The molecule has 0 aliphatic carbocycles. The van der Waals surface area contributed by atoms with Gasteiger partial charge in [0.05, 0.1) is 6.54 Å². The number of hydrogen-bond donors (Lipinski definition) is 2. The molecule has 7 heteroatoms. The lowest BCUT2D eigenvalue weighted by Crippen LogP contribution is -2.68. The van der Waals surface area contributed by atoms with Crippen LogP contribution in [-0.4, -0.2) is 34.2 Å². The van der Waals surface area contributed by atoms with Crippen LogP contribution in [0.1, 0.15) is 25.0 Å². The molecule has 3 rings (SSSR count). The van der Waals surface area contributed by atoms with Gasteiger partial charge >= 0.3 is 12.1 Å². The minimum Gasteiger partial charge on any atom is -0.348 e. The second kappa shape index (κ2) is 7.88. The van der Waals surface area contributed by atoms with E-state index in [0.29, 0.717) is 17.3 Å². The van der Waals surface area contributed by atoms with Gasteiger partial charge in [-0.3, -0.25) is 10.2 Å². The Kier molecular flexibility index (Phi) is 5.56. The lowest BCUT2D eigenvalue weighted by atomic mass is 10.1. The van der Waals surface area contributed by atoms with Crippen molar-refractivity contribution >= 4 is 29.4 Å². The third-order valence-corrected chi connectivity index (χ3v) is 4.60. The molecule has 0 aromatic heterocycles. The minimum absolute atomic E-state index is 0.245. The Labute approximate surface area is 164 Å². The molecule has 2 aromatic carbocycles. The number of hydrogen-bond acceptors (Lipinski definition) is 3. The Balaban J connectivity index is 1.89. The van der Waals surface area contributed by atoms with Gasteiger partial charge in [0.1, 0.15) is 0 Å². The maximum atomic E-state index is 13.0. The van der Waals surface area contributed by atoms with E-state index in [1.54, 1.807) is 17.0 Å². The normalized spacial score (nSPS) is 17.3. The lowest BCUT2D eigenvalue weighted by molar-refractivity contribution is 0.0975. The van der Waals surface area contributed by atoms with E-state index in [1.165, 1.54) is 4.90 Å². The SMILES string of the molecule is Cc1ccc(CN2C(=O)N(C(C)C)C(=O)NC2Nc2cccc(Cl)c2)cc1. The molecule has 1 aliphatic heterocycles. The molecule has 2 N–H and O–H groups in total. The number of rotatable bonds is 5. The second-order valence-corrected chi connectivity index (χ2v) is 7.30. The van der Waals surface area contributed by atoms with Crippen LogP contribution < -0.4 is 10.6 Å². The quantitative estimate of drug-likeness (QED) is 0.800. The third-order valence-electron chi connectivity index (χ3n) is 4.36. The highest BCUT2D eigenvalue weighted by atomic mass is 35.5. The van der Waals surface area contributed by atoms with Crippen LogP contribution >= 0.6 is 11.6 Å². The monoisotopic (exact) mass is 386 g/mol. The van der Waals surface area contributed by atoms with E-state index in [4.69, 9.17) is 11.6 Å². The summed E-state index contributed by atoms with van der Waals surface area (Å²) < 4.78 is 0. The van der Waals surface area contributed by atoms with Crippen molar-refractivity contribution in [2.24, 2.45) is 0 Å². The number of imide groups is 1. The van der Waals surface area contributed by atoms with E-state index >= 15 is 0 Å². The summed E-state index contributed by atoms with van der Waals surface area (Å²) in [5, 5.41) is 6.62. The molecule has 0 saturated carbocycles. The molecular formula is C20H23ClN4O2. The van der Waals surface area contributed by atoms with E-state index in [-0.39, 0.29) is 12.1 Å². The zero-order valence-corrected chi connectivity index (χ0v) is 16.3. The van der Waals surface area contributed by atoms with Gasteiger partial charge in [-0.1, -0.05) is 47.5 Å². The zero-order chi connectivity index (χ0) is 19.6. The summed E-state index contributed by atoms with van der Waals surface area (Å²) in [6.45, 7) is 6.00. The fourth-order valence-corrected chi connectivity index (χ4v) is 3.15. The first-order valence-electron chi connectivity index (χ1n) is 8.83. The number of carbonyl (C=O) groups excluding carboxylic acids is 2. The standard InChI is InChI=1S/C20H23ClN4O2/c1-13(2)25-19(26)23-18(22-17-6-4-5-16(21)11-17)24(20(25)27)12-15-9-7-14(3)8-10-15/h4-11,13,18,22H,12H2,1-3H3,(H,23,26). The Hall–Kier alpha value is -2.73. The number of nitrogens with zero attached hydrogens (tertiary/aromatic N) is 2. The fourth-order valence-electron chi connectivity index (χ4n) is 2.95. The van der Waals surface area contributed by atoms with Gasteiger partial charge in [0, 0.05) is 16.8 Å². The number of anilines is 1. The minimum atomic E-state index is -0.681. The maximum absolute atomic E-state index is 13.0. The van der Waals surface area contributed by atoms with Crippen LogP contribution in [0.15, 0.2) is 48.5 Å². The van der Waals surface area contributed by atoms with Gasteiger partial charge in [-0.2, -0.15) is 0 Å². The molecule has 1 saturated heterocycles. The number of urea groups is 2. The molecule has 1 fully saturated rings. The first-order chi connectivity index (χ1) is 12.8. The molecule has 6 nitrogen and oxygen atoms in total. The maximum Gasteiger partial charge on any atom is 0.331 e. The van der Waals surface area contributed by atoms with Gasteiger partial charge < -0.3 is 5.32 Å². The second-order valence-electron chi connectivity index (χ2n) is 6.87. The summed E-state index contributed by atoms with van der Waals surface area (Å²) in [4.78, 5) is 28.3. The third kappa shape index (κ3) is 4.34. The van der Waals surface area contributed by atoms with Crippen molar-refractivity contribution in [2.75, 3.05) is 5.32 Å². The Morgan fingerprint density at radius 2 is 1.85 bits per heavy atom. The molecule has 0 spiro atoms. The van der Waals surface area contributed by atoms with E-state index in [0.717, 1.165) is 11.1 Å². The van der Waals surface area contributed by atoms with Crippen LogP contribution in [-0.2, 0) is 6.54 Å². The Bertz CT molecular complexity index is 838. The van der Waals surface area contributed by atoms with Crippen LogP contribution in [0, 0.1) is 6.92 Å². The highest BCUT2D eigenvalue weighted by molar-refractivity contribution is 6.30. The number of nitrogens with one attached hydrogen (secondary N) is 2. The molecule has 1 atom stereocenters. The van der Waals surface area contributed by atoms with Crippen LogP contribution in [0.2, 0.25) is 5.02 Å². The van der Waals surface area contributed by atoms with E-state index < -0.39 is 12.3 Å². The average molecular weight is 387 g/mol. The van der Waals surface area contributed by atoms with Gasteiger partial charge in [0.2, 0.25) is 0 Å². The van der Waals surface area contributed by atoms with E-state index in [2.05, 4.69) is 10.6 Å². The molecule has 1 heterocycles. The lowest BCUT2D eigenvalue weighted by Gasteiger charge is -2.42. The van der Waals surface area contributed by atoms with Crippen LogP contribution in [0.5, 0.6) is 0 Å². The number of aryl methyl sites for hydroxylation is 1. The first kappa shape index (κ1) is 19.0. The summed E-state index contributed by atoms with van der Waals surface area (Å²) >= 11 is 6.05. The highest BCUT2D eigenvalue weighted by Gasteiger charge is 2.39. The van der Waals surface area contributed by atoms with Crippen molar-refractivity contribution in [2.45, 2.75) is 39.6 Å². The predicted octanol–water partition coefficient (Wildman–Crippen LogP) is 4.40. The Morgan fingerprint density at radius 3 is 2.48 bits per heavy atom. The van der Waals surface area contributed by atoms with Crippen molar-refractivity contribution < 1.29 is 9.59 Å². The van der Waals surface area contributed by atoms with E-state index in [1.807, 2.05) is 57.2 Å². The zero-order valence-electron chi connectivity index (χ0n) is 15.6. The van der Waals surface area contributed by atoms with Crippen LogP contribution in [0.4, 0.5) is 15.3 Å². The molecule has 1 unspecified atom stereocenters. The summed E-state index contributed by atoms with van der Waals surface area (Å²) in [6, 6.07) is 14.1. The number of benzene rings is 2. The van der Waals surface area contributed by atoms with Crippen molar-refractivity contribution in [3.8, 4) is 0 Å². The predicted molar refractivity (Wildman–Crippen MR) is 106 cm³/mol. The highest BCUT2D eigenvalue weighted by Crippen LogP contribution is 2.21. The molecule has 142 valence electrons. The van der Waals surface area contributed by atoms with Crippen molar-refractivity contribution in [1.29, 1.82) is 0 Å². The van der Waals surface area contributed by atoms with E-state index in [9.17, 15) is 9.59 Å². The smallest absolute Gasteiger partial charge is 0.331 e. The van der Waals surface area contributed by atoms with Crippen LogP contribution in [0.3, 0.4) is 0 Å². The summed E-state index contributed by atoms with van der Waals surface area (Å²) in [5.74, 6) is 0. The van der Waals surface area contributed by atoms with Gasteiger partial charge in [0.15, 0.2) is 6.29 Å². The average Bonchev–Trinajstić information content (AvgIpc) is 2.59.